The number of carbonyl (C=O) groups is 3. The Balaban J connectivity index is 4.16. The molecule has 0 rings (SSSR count). The smallest absolute Gasteiger partial charge is 0.322 e. The molecule has 0 fully saturated rings. The van der Waals surface area contributed by atoms with Crippen molar-refractivity contribution in [3.05, 3.63) is 12.2 Å². The molecule has 0 aliphatic carbocycles. The summed E-state index contributed by atoms with van der Waals surface area (Å²) < 4.78 is 5.64. The van der Waals surface area contributed by atoms with Crippen LogP contribution in [0.3, 0.4) is 0 Å². The van der Waals surface area contributed by atoms with Gasteiger partial charge in [-0.15, -0.1) is 0 Å². The van der Waals surface area contributed by atoms with Crippen molar-refractivity contribution in [2.75, 3.05) is 6.54 Å². The molecule has 6 heteroatoms. The Kier molecular flexibility index (Phi) is 25.1. The largest absolute Gasteiger partial charge is 0.480 e. The molecule has 0 saturated heterocycles. The zero-order chi connectivity index (χ0) is 29.1. The van der Waals surface area contributed by atoms with Crippen LogP contribution in [0, 0.1) is 11.8 Å². The molecule has 0 radical (unpaired) electrons. The minimum Gasteiger partial charge on any atom is -0.480 e. The minimum atomic E-state index is -1.08. The van der Waals surface area contributed by atoms with E-state index >= 15 is 0 Å². The summed E-state index contributed by atoms with van der Waals surface area (Å²) >= 11 is 0. The average Bonchev–Trinajstić information content (AvgIpc) is 2.86. The number of nitrogens with one attached hydrogen (secondary N) is 1. The summed E-state index contributed by atoms with van der Waals surface area (Å²) in [7, 11) is 0. The van der Waals surface area contributed by atoms with Gasteiger partial charge in [-0.2, -0.15) is 0 Å². The highest BCUT2D eigenvalue weighted by molar-refractivity contribution is 5.81. The Morgan fingerprint density at radius 1 is 0.667 bits per heavy atom. The molecule has 6 nitrogen and oxygen atoms in total. The number of carbonyl (C=O) groups excluding carboxylic acids is 2. The third-order valence-corrected chi connectivity index (χ3v) is 7.04. The maximum Gasteiger partial charge on any atom is 0.322 e. The van der Waals surface area contributed by atoms with Gasteiger partial charge in [-0.1, -0.05) is 123 Å². The van der Waals surface area contributed by atoms with Crippen molar-refractivity contribution in [3.8, 4) is 0 Å². The summed E-state index contributed by atoms with van der Waals surface area (Å²) in [4.78, 5) is 35.3. The first-order chi connectivity index (χ1) is 18.7. The maximum absolute atomic E-state index is 12.4. The molecular formula is C33H61NO5. The first-order valence-electron chi connectivity index (χ1n) is 16.0. The van der Waals surface area contributed by atoms with E-state index in [1.165, 1.54) is 77.0 Å². The predicted octanol–water partition coefficient (Wildman–Crippen LogP) is 8.77. The quantitative estimate of drug-likeness (QED) is 0.0604. The van der Waals surface area contributed by atoms with Crippen molar-refractivity contribution in [2.45, 2.75) is 162 Å². The minimum absolute atomic E-state index is 0.0158. The number of unbranched alkanes of at least 4 members (excludes halogenated alkanes) is 12. The monoisotopic (exact) mass is 551 g/mol. The lowest BCUT2D eigenvalue weighted by Gasteiger charge is -2.17. The van der Waals surface area contributed by atoms with Gasteiger partial charge in [-0.3, -0.25) is 14.4 Å². The van der Waals surface area contributed by atoms with Crippen LogP contribution < -0.4 is 5.32 Å². The highest BCUT2D eigenvalue weighted by Gasteiger charge is 2.18. The van der Waals surface area contributed by atoms with E-state index in [1.54, 1.807) is 0 Å². The van der Waals surface area contributed by atoms with Crippen molar-refractivity contribution in [3.63, 3.8) is 0 Å². The van der Waals surface area contributed by atoms with Crippen molar-refractivity contribution in [1.29, 1.82) is 0 Å². The summed E-state index contributed by atoms with van der Waals surface area (Å²) in [6.45, 7) is 8.68. The molecule has 228 valence electrons. The first-order valence-corrected chi connectivity index (χ1v) is 16.0. The third-order valence-electron chi connectivity index (χ3n) is 7.04. The fourth-order valence-corrected chi connectivity index (χ4v) is 4.67. The van der Waals surface area contributed by atoms with Gasteiger partial charge in [0.25, 0.3) is 0 Å². The molecular weight excluding hydrogens is 490 g/mol. The molecule has 0 spiro atoms. The van der Waals surface area contributed by atoms with E-state index in [9.17, 15) is 14.4 Å². The van der Waals surface area contributed by atoms with Crippen LogP contribution in [0.15, 0.2) is 12.2 Å². The maximum atomic E-state index is 12.4. The van der Waals surface area contributed by atoms with E-state index in [2.05, 4.69) is 45.2 Å². The molecule has 0 aromatic heterocycles. The molecule has 0 aliphatic heterocycles. The van der Waals surface area contributed by atoms with Crippen molar-refractivity contribution in [2.24, 2.45) is 11.8 Å². The second-order valence-electron chi connectivity index (χ2n) is 12.0. The number of carboxylic acid groups (broad SMARTS) is 1. The lowest BCUT2D eigenvalue weighted by Crippen LogP contribution is -2.33. The summed E-state index contributed by atoms with van der Waals surface area (Å²) in [6, 6.07) is 0. The normalized spacial score (nSPS) is 12.4. The Morgan fingerprint density at radius 3 is 1.64 bits per heavy atom. The molecule has 2 N–H and O–H groups in total. The van der Waals surface area contributed by atoms with Gasteiger partial charge in [0, 0.05) is 6.42 Å². The lowest BCUT2D eigenvalue weighted by atomic mass is 10.0. The molecule has 0 aromatic rings. The van der Waals surface area contributed by atoms with Crippen molar-refractivity contribution >= 4 is 17.8 Å². The van der Waals surface area contributed by atoms with Crippen LogP contribution in [0.4, 0.5) is 0 Å². The van der Waals surface area contributed by atoms with E-state index in [0.29, 0.717) is 19.3 Å². The lowest BCUT2D eigenvalue weighted by molar-refractivity contribution is -0.151. The zero-order valence-electron chi connectivity index (χ0n) is 25.8. The van der Waals surface area contributed by atoms with Crippen LogP contribution >= 0.6 is 0 Å². The highest BCUT2D eigenvalue weighted by atomic mass is 16.5. The Morgan fingerprint density at radius 2 is 1.13 bits per heavy atom. The molecule has 0 aromatic carbocycles. The van der Waals surface area contributed by atoms with Gasteiger partial charge < -0.3 is 15.2 Å². The summed E-state index contributed by atoms with van der Waals surface area (Å²) in [5.74, 6) is -0.173. The van der Waals surface area contributed by atoms with E-state index in [1.807, 2.05) is 0 Å². The number of amides is 1. The fourth-order valence-electron chi connectivity index (χ4n) is 4.67. The van der Waals surface area contributed by atoms with Crippen LogP contribution in [-0.4, -0.2) is 35.6 Å². The van der Waals surface area contributed by atoms with Crippen LogP contribution in [0.2, 0.25) is 0 Å². The van der Waals surface area contributed by atoms with E-state index in [0.717, 1.165) is 37.5 Å². The number of rotatable bonds is 27. The SMILES string of the molecule is CC(C)CCCCCCC/C=C\CCC(=O)O[C@@H](CCCCCCCCCCC(C)C)CC(=O)NCC(=O)O. The molecule has 1 atom stereocenters. The Hall–Kier alpha value is -1.85. The fraction of sp³-hybridized carbons (Fsp3) is 0.848. The van der Waals surface area contributed by atoms with Crippen LogP contribution in [-0.2, 0) is 19.1 Å². The molecule has 0 unspecified atom stereocenters. The van der Waals surface area contributed by atoms with E-state index in [4.69, 9.17) is 9.84 Å². The van der Waals surface area contributed by atoms with Crippen molar-refractivity contribution < 1.29 is 24.2 Å². The highest BCUT2D eigenvalue weighted by Crippen LogP contribution is 2.16. The number of hydrogen-bond acceptors (Lipinski definition) is 4. The topological polar surface area (TPSA) is 92.7 Å². The van der Waals surface area contributed by atoms with Crippen LogP contribution in [0.25, 0.3) is 0 Å². The number of carboxylic acids is 1. The van der Waals surface area contributed by atoms with Crippen molar-refractivity contribution in [1.82, 2.24) is 5.32 Å². The molecule has 1 amide bonds. The third kappa shape index (κ3) is 29.0. The van der Waals surface area contributed by atoms with Gasteiger partial charge in [0.05, 0.1) is 6.42 Å². The summed E-state index contributed by atoms with van der Waals surface area (Å²) in [5.41, 5.74) is 0. The number of hydrogen-bond donors (Lipinski definition) is 2. The first kappa shape index (κ1) is 37.1. The van der Waals surface area contributed by atoms with Gasteiger partial charge in [0.2, 0.25) is 5.91 Å². The number of allylic oxidation sites excluding steroid dienone is 2. The standard InChI is InChI=1S/C33H61NO5/c1-28(2)22-18-14-10-6-5-7-13-17-21-25-33(38)39-30(26-31(35)34-27-32(36)37)24-20-16-12-9-8-11-15-19-23-29(3)4/h13,17,28-30H,5-12,14-16,18-27H2,1-4H3,(H,34,35)(H,36,37)/b17-13-/t30-/m0/s1. The molecule has 39 heavy (non-hydrogen) atoms. The van der Waals surface area contributed by atoms with Gasteiger partial charge in [0.1, 0.15) is 12.6 Å². The molecule has 0 saturated carbocycles. The van der Waals surface area contributed by atoms with Gasteiger partial charge in [-0.25, -0.2) is 0 Å². The van der Waals surface area contributed by atoms with Gasteiger partial charge >= 0.3 is 11.9 Å². The van der Waals surface area contributed by atoms with Crippen LogP contribution in [0.5, 0.6) is 0 Å². The summed E-state index contributed by atoms with van der Waals surface area (Å²) in [5, 5.41) is 11.2. The van der Waals surface area contributed by atoms with Gasteiger partial charge in [-0.05, 0) is 43.9 Å². The van der Waals surface area contributed by atoms with Crippen LogP contribution in [0.1, 0.15) is 156 Å². The average molecular weight is 552 g/mol. The van der Waals surface area contributed by atoms with E-state index < -0.39 is 18.6 Å². The Bertz CT molecular complexity index is 644. The Labute approximate surface area is 240 Å². The number of ether oxygens (including phenoxy) is 1. The predicted molar refractivity (Wildman–Crippen MR) is 162 cm³/mol. The number of esters is 1. The molecule has 0 heterocycles. The second-order valence-corrected chi connectivity index (χ2v) is 12.0. The number of aliphatic carboxylic acids is 1. The zero-order valence-corrected chi connectivity index (χ0v) is 25.8. The second kappa shape index (κ2) is 26.4. The summed E-state index contributed by atoms with van der Waals surface area (Å²) in [6.07, 6.45) is 24.9. The van der Waals surface area contributed by atoms with E-state index in [-0.39, 0.29) is 18.3 Å². The van der Waals surface area contributed by atoms with Gasteiger partial charge in [0.15, 0.2) is 0 Å². The molecule has 0 bridgehead atoms. The molecule has 0 aliphatic rings.